The van der Waals surface area contributed by atoms with Gasteiger partial charge in [0.25, 0.3) is 5.91 Å². The second kappa shape index (κ2) is 9.49. The quantitative estimate of drug-likeness (QED) is 0.368. The van der Waals surface area contributed by atoms with E-state index in [0.717, 1.165) is 30.9 Å². The number of rotatable bonds is 7. The third-order valence-corrected chi connectivity index (χ3v) is 5.99. The molecule has 0 saturated heterocycles. The second-order valence-electron chi connectivity index (χ2n) is 6.75. The Labute approximate surface area is 170 Å². The molecular formula is C21H23N3O4S. The molecule has 3 N–H and O–H groups in total. The predicted octanol–water partition coefficient (Wildman–Crippen LogP) is 2.94. The second-order valence-corrected chi connectivity index (χ2v) is 8.52. The maximum absolute atomic E-state index is 12.6. The molecule has 0 aromatic heterocycles. The molecule has 152 valence electrons. The molecule has 1 aliphatic carbocycles. The van der Waals surface area contributed by atoms with Crippen molar-refractivity contribution in [1.82, 2.24) is 10.1 Å². The number of nitrogens with one attached hydrogen (secondary N) is 2. The van der Waals surface area contributed by atoms with Crippen LogP contribution in [0, 0.1) is 5.92 Å². The molecule has 7 nitrogen and oxygen atoms in total. The lowest BCUT2D eigenvalue weighted by atomic mass is 9.96. The highest BCUT2D eigenvalue weighted by Gasteiger charge is 2.19. The molecule has 1 aliphatic rings. The van der Waals surface area contributed by atoms with Crippen molar-refractivity contribution in [3.8, 4) is 5.75 Å². The molecule has 1 atom stereocenters. The zero-order valence-corrected chi connectivity index (χ0v) is 16.6. The first-order valence-corrected chi connectivity index (χ1v) is 10.8. The summed E-state index contributed by atoms with van der Waals surface area (Å²) in [6.07, 6.45) is 8.65. The van der Waals surface area contributed by atoms with Crippen LogP contribution in [0.3, 0.4) is 0 Å². The van der Waals surface area contributed by atoms with Gasteiger partial charge < -0.3 is 5.11 Å². The normalized spacial score (nSPS) is 16.8. The Balaban J connectivity index is 1.68. The highest BCUT2D eigenvalue weighted by molar-refractivity contribution is 7.89. The van der Waals surface area contributed by atoms with E-state index in [1.54, 1.807) is 18.3 Å². The van der Waals surface area contributed by atoms with Gasteiger partial charge in [-0.25, -0.2) is 18.6 Å². The van der Waals surface area contributed by atoms with Gasteiger partial charge >= 0.3 is 0 Å². The van der Waals surface area contributed by atoms with Crippen molar-refractivity contribution in [2.24, 2.45) is 11.0 Å². The first kappa shape index (κ1) is 20.8. The van der Waals surface area contributed by atoms with E-state index in [2.05, 4.69) is 27.4 Å². The summed E-state index contributed by atoms with van der Waals surface area (Å²) >= 11 is 0. The smallest absolute Gasteiger partial charge is 0.275 e. The lowest BCUT2D eigenvalue weighted by molar-refractivity contribution is 0.0952. The highest BCUT2D eigenvalue weighted by Crippen LogP contribution is 2.22. The molecule has 0 heterocycles. The summed E-state index contributed by atoms with van der Waals surface area (Å²) in [4.78, 5) is 12.2. The zero-order valence-electron chi connectivity index (χ0n) is 15.8. The maximum atomic E-state index is 12.6. The first-order valence-electron chi connectivity index (χ1n) is 9.31. The molecule has 0 bridgehead atoms. The lowest BCUT2D eigenvalue weighted by Gasteiger charge is -2.12. The SMILES string of the molecule is O=C(N/N=C\[C@@H]1CC=CCC1)c1cc(S(=O)(=O)NCc2ccccc2)ccc1O. The van der Waals surface area contributed by atoms with Gasteiger partial charge in [0.15, 0.2) is 0 Å². The van der Waals surface area contributed by atoms with Crippen LogP contribution in [0.25, 0.3) is 0 Å². The molecule has 1 amide bonds. The van der Waals surface area contributed by atoms with E-state index in [4.69, 9.17) is 0 Å². The molecule has 0 unspecified atom stereocenters. The van der Waals surface area contributed by atoms with Crippen LogP contribution in [0.2, 0.25) is 0 Å². The largest absolute Gasteiger partial charge is 0.507 e. The summed E-state index contributed by atoms with van der Waals surface area (Å²) in [5, 5.41) is 13.9. The number of hydrogen-bond acceptors (Lipinski definition) is 5. The van der Waals surface area contributed by atoms with E-state index in [1.165, 1.54) is 12.1 Å². The molecule has 3 rings (SSSR count). The van der Waals surface area contributed by atoms with Gasteiger partial charge in [0.05, 0.1) is 10.5 Å². The van der Waals surface area contributed by atoms with Crippen LogP contribution in [-0.4, -0.2) is 25.6 Å². The molecular weight excluding hydrogens is 390 g/mol. The number of nitrogens with zero attached hydrogens (tertiary/aromatic N) is 1. The molecule has 29 heavy (non-hydrogen) atoms. The minimum absolute atomic E-state index is 0.113. The van der Waals surface area contributed by atoms with Crippen molar-refractivity contribution in [1.29, 1.82) is 0 Å². The minimum Gasteiger partial charge on any atom is -0.507 e. The van der Waals surface area contributed by atoms with Crippen LogP contribution < -0.4 is 10.1 Å². The van der Waals surface area contributed by atoms with Crippen LogP contribution in [0.1, 0.15) is 35.2 Å². The summed E-state index contributed by atoms with van der Waals surface area (Å²) in [6.45, 7) is 0.117. The number of allylic oxidation sites excluding steroid dienone is 2. The maximum Gasteiger partial charge on any atom is 0.275 e. The number of benzene rings is 2. The fraction of sp³-hybridized carbons (Fsp3) is 0.238. The fourth-order valence-electron chi connectivity index (χ4n) is 2.94. The number of phenolic OH excluding ortho intramolecular Hbond substituents is 1. The molecule has 0 aliphatic heterocycles. The van der Waals surface area contributed by atoms with Crippen LogP contribution in [0.15, 0.2) is 70.7 Å². The monoisotopic (exact) mass is 413 g/mol. The lowest BCUT2D eigenvalue weighted by Crippen LogP contribution is -2.24. The minimum atomic E-state index is -3.86. The van der Waals surface area contributed by atoms with E-state index in [9.17, 15) is 18.3 Å². The molecule has 8 heteroatoms. The fourth-order valence-corrected chi connectivity index (χ4v) is 3.98. The topological polar surface area (TPSA) is 108 Å². The van der Waals surface area contributed by atoms with Gasteiger partial charge in [-0.05, 0) is 48.9 Å². The number of hydrogen-bond donors (Lipinski definition) is 3. The predicted molar refractivity (Wildman–Crippen MR) is 111 cm³/mol. The van der Waals surface area contributed by atoms with E-state index in [-0.39, 0.29) is 28.7 Å². The van der Waals surface area contributed by atoms with E-state index in [1.807, 2.05) is 18.2 Å². The van der Waals surface area contributed by atoms with Crippen LogP contribution in [0.4, 0.5) is 0 Å². The van der Waals surface area contributed by atoms with Gasteiger partial charge in [-0.2, -0.15) is 5.10 Å². The Bertz CT molecular complexity index is 1020. The summed E-state index contributed by atoms with van der Waals surface area (Å²) < 4.78 is 27.6. The van der Waals surface area contributed by atoms with Crippen LogP contribution in [-0.2, 0) is 16.6 Å². The highest BCUT2D eigenvalue weighted by atomic mass is 32.2. The summed E-state index contributed by atoms with van der Waals surface area (Å²) in [7, 11) is -3.86. The van der Waals surface area contributed by atoms with Crippen LogP contribution >= 0.6 is 0 Å². The number of hydrazone groups is 1. The molecule has 0 saturated carbocycles. The van der Waals surface area contributed by atoms with Gasteiger partial charge in [-0.15, -0.1) is 0 Å². The number of amides is 1. The van der Waals surface area contributed by atoms with Gasteiger partial charge in [-0.1, -0.05) is 42.5 Å². The number of phenols is 1. The van der Waals surface area contributed by atoms with Crippen molar-refractivity contribution in [3.05, 3.63) is 71.8 Å². The Hall–Kier alpha value is -2.97. The van der Waals surface area contributed by atoms with Crippen LogP contribution in [0.5, 0.6) is 5.75 Å². The van der Waals surface area contributed by atoms with E-state index < -0.39 is 15.9 Å². The van der Waals surface area contributed by atoms with Gasteiger partial charge in [0, 0.05) is 12.8 Å². The molecule has 0 spiro atoms. The summed E-state index contributed by atoms with van der Waals surface area (Å²) in [5.41, 5.74) is 3.00. The third-order valence-electron chi connectivity index (χ3n) is 4.59. The molecule has 0 radical (unpaired) electrons. The number of sulfonamides is 1. The standard InChI is InChI=1S/C21H23N3O4S/c25-20-12-11-18(29(27,28)23-15-17-9-5-2-6-10-17)13-19(20)21(26)24-22-14-16-7-3-1-4-8-16/h1-3,5-6,9-14,16,23,25H,4,7-8,15H2,(H,24,26)/b22-14-/t16-/m1/s1. The Kier molecular flexibility index (Phi) is 6.79. The number of carbonyl (C=O) groups is 1. The average molecular weight is 413 g/mol. The third kappa shape index (κ3) is 5.75. The van der Waals surface area contributed by atoms with Crippen molar-refractivity contribution in [2.75, 3.05) is 0 Å². The Morgan fingerprint density at radius 1 is 1.17 bits per heavy atom. The number of aromatic hydroxyl groups is 1. The Morgan fingerprint density at radius 2 is 1.97 bits per heavy atom. The zero-order chi connectivity index (χ0) is 20.7. The van der Waals surface area contributed by atoms with Crippen molar-refractivity contribution in [3.63, 3.8) is 0 Å². The van der Waals surface area contributed by atoms with Crippen molar-refractivity contribution >= 4 is 22.1 Å². The first-order chi connectivity index (χ1) is 14.0. The van der Waals surface area contributed by atoms with Gasteiger partial charge in [0.1, 0.15) is 5.75 Å². The number of carbonyl (C=O) groups excluding carboxylic acids is 1. The van der Waals surface area contributed by atoms with Crippen molar-refractivity contribution < 1.29 is 18.3 Å². The Morgan fingerprint density at radius 3 is 2.69 bits per heavy atom. The molecule has 2 aromatic rings. The van der Waals surface area contributed by atoms with Gasteiger partial charge in [-0.3, -0.25) is 4.79 Å². The average Bonchev–Trinajstić information content (AvgIpc) is 2.74. The summed E-state index contributed by atoms with van der Waals surface area (Å²) in [5.74, 6) is -0.742. The van der Waals surface area contributed by atoms with Crippen molar-refractivity contribution in [2.45, 2.75) is 30.7 Å². The van der Waals surface area contributed by atoms with Gasteiger partial charge in [0.2, 0.25) is 10.0 Å². The summed E-state index contributed by atoms with van der Waals surface area (Å²) in [6, 6.07) is 12.6. The van der Waals surface area contributed by atoms with E-state index in [0.29, 0.717) is 0 Å². The van der Waals surface area contributed by atoms with E-state index >= 15 is 0 Å². The molecule has 0 fully saturated rings. The molecule has 2 aromatic carbocycles.